The molecule has 27 heavy (non-hydrogen) atoms. The van der Waals surface area contributed by atoms with E-state index in [1.165, 1.54) is 0 Å². The van der Waals surface area contributed by atoms with Crippen molar-refractivity contribution in [2.75, 3.05) is 19.6 Å². The number of nitrogens with one attached hydrogen (secondary N) is 1. The number of piperidine rings is 1. The Hall–Kier alpha value is -2.33. The Balaban J connectivity index is 1.43. The van der Waals surface area contributed by atoms with Gasteiger partial charge in [-0.3, -0.25) is 9.59 Å². The molecule has 1 heterocycles. The number of amides is 2. The summed E-state index contributed by atoms with van der Waals surface area (Å²) in [7, 11) is 0. The third-order valence-corrected chi connectivity index (χ3v) is 5.30. The molecule has 2 amide bonds. The average Bonchev–Trinajstić information content (AvgIpc) is 2.69. The lowest BCUT2D eigenvalue weighted by molar-refractivity contribution is -0.126. The summed E-state index contributed by atoms with van der Waals surface area (Å²) in [5, 5.41) is 3.74. The van der Waals surface area contributed by atoms with E-state index in [0.29, 0.717) is 32.5 Å². The van der Waals surface area contributed by atoms with Crippen molar-refractivity contribution in [3.63, 3.8) is 0 Å². The molecule has 0 aromatic heterocycles. The zero-order valence-electron chi connectivity index (χ0n) is 15.6. The number of benzene rings is 2. The van der Waals surface area contributed by atoms with Crippen molar-refractivity contribution in [3.8, 4) is 0 Å². The number of hydrogen-bond donors (Lipinski definition) is 1. The van der Waals surface area contributed by atoms with Crippen LogP contribution >= 0.6 is 11.6 Å². The molecule has 1 aliphatic rings. The quantitative estimate of drug-likeness (QED) is 0.850. The monoisotopic (exact) mass is 384 g/mol. The van der Waals surface area contributed by atoms with Gasteiger partial charge in [0.1, 0.15) is 0 Å². The number of carbonyl (C=O) groups excluding carboxylic acids is 2. The van der Waals surface area contributed by atoms with Gasteiger partial charge in [0.05, 0.1) is 0 Å². The number of likely N-dealkylation sites (tertiary alicyclic amines) is 1. The molecule has 2 aromatic carbocycles. The van der Waals surface area contributed by atoms with E-state index in [4.69, 9.17) is 11.6 Å². The third kappa shape index (κ3) is 5.33. The van der Waals surface area contributed by atoms with Crippen molar-refractivity contribution in [1.82, 2.24) is 10.2 Å². The van der Waals surface area contributed by atoms with Crippen molar-refractivity contribution in [2.24, 2.45) is 5.92 Å². The Morgan fingerprint density at radius 3 is 2.48 bits per heavy atom. The molecule has 2 aromatic rings. The van der Waals surface area contributed by atoms with Crippen LogP contribution in [-0.2, 0) is 11.2 Å². The maximum Gasteiger partial charge on any atom is 0.253 e. The molecule has 0 spiro atoms. The minimum absolute atomic E-state index is 0.0169. The molecule has 1 N–H and O–H groups in total. The average molecular weight is 385 g/mol. The SMILES string of the molecule is Cc1cccc(C(=O)N2CCC(C(=O)NCCc3ccc(Cl)cc3)CC2)c1. The summed E-state index contributed by atoms with van der Waals surface area (Å²) in [6.45, 7) is 3.85. The number of carbonyl (C=O) groups is 2. The van der Waals surface area contributed by atoms with E-state index < -0.39 is 0 Å². The second kappa shape index (κ2) is 9.05. The van der Waals surface area contributed by atoms with Gasteiger partial charge in [0.15, 0.2) is 0 Å². The first-order valence-electron chi connectivity index (χ1n) is 9.41. The van der Waals surface area contributed by atoms with Crippen LogP contribution in [-0.4, -0.2) is 36.3 Å². The lowest BCUT2D eigenvalue weighted by Gasteiger charge is -2.31. The normalized spacial score (nSPS) is 14.8. The topological polar surface area (TPSA) is 49.4 Å². The van der Waals surface area contributed by atoms with Gasteiger partial charge in [-0.1, -0.05) is 41.4 Å². The first-order chi connectivity index (χ1) is 13.0. The van der Waals surface area contributed by atoms with Crippen LogP contribution in [0.3, 0.4) is 0 Å². The van der Waals surface area contributed by atoms with E-state index >= 15 is 0 Å². The molecule has 142 valence electrons. The third-order valence-electron chi connectivity index (χ3n) is 5.04. The van der Waals surface area contributed by atoms with Crippen LogP contribution in [0.1, 0.15) is 34.3 Å². The molecule has 0 saturated carbocycles. The summed E-state index contributed by atoms with van der Waals surface area (Å²) in [6.07, 6.45) is 2.21. The standard InChI is InChI=1S/C22H25ClN2O2/c1-16-3-2-4-19(15-16)22(27)25-13-10-18(11-14-25)21(26)24-12-9-17-5-7-20(23)8-6-17/h2-8,15,18H,9-14H2,1H3,(H,24,26). The van der Waals surface area contributed by atoms with Crippen LogP contribution in [0.15, 0.2) is 48.5 Å². The molecular formula is C22H25ClN2O2. The molecule has 1 fully saturated rings. The number of rotatable bonds is 5. The van der Waals surface area contributed by atoms with Gasteiger partial charge >= 0.3 is 0 Å². The van der Waals surface area contributed by atoms with Gasteiger partial charge in [0.25, 0.3) is 5.91 Å². The Morgan fingerprint density at radius 1 is 1.11 bits per heavy atom. The largest absolute Gasteiger partial charge is 0.356 e. The summed E-state index contributed by atoms with van der Waals surface area (Å²) < 4.78 is 0. The van der Waals surface area contributed by atoms with E-state index in [-0.39, 0.29) is 17.7 Å². The molecule has 5 heteroatoms. The van der Waals surface area contributed by atoms with Crippen LogP contribution in [0, 0.1) is 12.8 Å². The van der Waals surface area contributed by atoms with Gasteiger partial charge in [0, 0.05) is 36.1 Å². The highest BCUT2D eigenvalue weighted by Crippen LogP contribution is 2.20. The minimum Gasteiger partial charge on any atom is -0.356 e. The van der Waals surface area contributed by atoms with Crippen LogP contribution in [0.25, 0.3) is 0 Å². The van der Waals surface area contributed by atoms with Crippen molar-refractivity contribution in [2.45, 2.75) is 26.2 Å². The fraction of sp³-hybridized carbons (Fsp3) is 0.364. The van der Waals surface area contributed by atoms with E-state index in [9.17, 15) is 9.59 Å². The van der Waals surface area contributed by atoms with Crippen molar-refractivity contribution < 1.29 is 9.59 Å². The predicted molar refractivity (Wildman–Crippen MR) is 108 cm³/mol. The number of aryl methyl sites for hydroxylation is 1. The number of halogens is 1. The van der Waals surface area contributed by atoms with Crippen LogP contribution in [0.5, 0.6) is 0 Å². The summed E-state index contributed by atoms with van der Waals surface area (Å²) in [4.78, 5) is 26.8. The molecular weight excluding hydrogens is 360 g/mol. The van der Waals surface area contributed by atoms with E-state index in [1.54, 1.807) is 0 Å². The molecule has 3 rings (SSSR count). The second-order valence-corrected chi connectivity index (χ2v) is 7.54. The summed E-state index contributed by atoms with van der Waals surface area (Å²) >= 11 is 5.88. The van der Waals surface area contributed by atoms with Gasteiger partial charge in [-0.2, -0.15) is 0 Å². The highest BCUT2D eigenvalue weighted by molar-refractivity contribution is 6.30. The van der Waals surface area contributed by atoms with E-state index in [2.05, 4.69) is 5.32 Å². The van der Waals surface area contributed by atoms with E-state index in [1.807, 2.05) is 60.4 Å². The fourth-order valence-corrected chi connectivity index (χ4v) is 3.56. The zero-order valence-corrected chi connectivity index (χ0v) is 16.3. The smallest absolute Gasteiger partial charge is 0.253 e. The Bertz CT molecular complexity index is 796. The molecule has 0 radical (unpaired) electrons. The van der Waals surface area contributed by atoms with Crippen molar-refractivity contribution in [1.29, 1.82) is 0 Å². The summed E-state index contributed by atoms with van der Waals surface area (Å²) in [5.41, 5.74) is 2.95. The van der Waals surface area contributed by atoms with Crippen molar-refractivity contribution >= 4 is 23.4 Å². The van der Waals surface area contributed by atoms with Crippen molar-refractivity contribution in [3.05, 3.63) is 70.2 Å². The lowest BCUT2D eigenvalue weighted by Crippen LogP contribution is -2.43. The lowest BCUT2D eigenvalue weighted by atomic mass is 9.95. The van der Waals surface area contributed by atoms with Gasteiger partial charge < -0.3 is 10.2 Å². The molecule has 0 aliphatic carbocycles. The Kier molecular flexibility index (Phi) is 6.51. The van der Waals surface area contributed by atoms with Gasteiger partial charge in [-0.25, -0.2) is 0 Å². The molecule has 4 nitrogen and oxygen atoms in total. The number of nitrogens with zero attached hydrogens (tertiary/aromatic N) is 1. The fourth-order valence-electron chi connectivity index (χ4n) is 3.43. The minimum atomic E-state index is -0.0169. The van der Waals surface area contributed by atoms with Gasteiger partial charge in [0.2, 0.25) is 5.91 Å². The highest BCUT2D eigenvalue weighted by Gasteiger charge is 2.27. The highest BCUT2D eigenvalue weighted by atomic mass is 35.5. The van der Waals surface area contributed by atoms with Gasteiger partial charge in [-0.05, 0) is 56.0 Å². The van der Waals surface area contributed by atoms with E-state index in [0.717, 1.165) is 28.1 Å². The maximum absolute atomic E-state index is 12.6. The van der Waals surface area contributed by atoms with Crippen LogP contribution in [0.4, 0.5) is 0 Å². The van der Waals surface area contributed by atoms with Crippen LogP contribution < -0.4 is 5.32 Å². The summed E-state index contributed by atoms with van der Waals surface area (Å²) in [6, 6.07) is 15.3. The maximum atomic E-state index is 12.6. The first kappa shape index (κ1) is 19.4. The van der Waals surface area contributed by atoms with Gasteiger partial charge in [-0.15, -0.1) is 0 Å². The Morgan fingerprint density at radius 2 is 1.81 bits per heavy atom. The molecule has 1 aliphatic heterocycles. The molecule has 1 saturated heterocycles. The number of hydrogen-bond acceptors (Lipinski definition) is 2. The molecule has 0 bridgehead atoms. The zero-order chi connectivity index (χ0) is 19.2. The molecule has 0 atom stereocenters. The molecule has 0 unspecified atom stereocenters. The summed E-state index contributed by atoms with van der Waals surface area (Å²) in [5.74, 6) is 0.128. The first-order valence-corrected chi connectivity index (χ1v) is 9.79. The Labute approximate surface area is 165 Å². The second-order valence-electron chi connectivity index (χ2n) is 7.10. The predicted octanol–water partition coefficient (Wildman–Crippen LogP) is 3.86. The van der Waals surface area contributed by atoms with Crippen LogP contribution in [0.2, 0.25) is 5.02 Å².